The zero-order valence-corrected chi connectivity index (χ0v) is 26.4. The topological polar surface area (TPSA) is 135 Å². The molecule has 2 amide bonds. The minimum Gasteiger partial charge on any atom is -0.404 e. The van der Waals surface area contributed by atoms with E-state index in [1.54, 1.807) is 4.90 Å². The lowest BCUT2D eigenvalue weighted by Crippen LogP contribution is -2.44. The van der Waals surface area contributed by atoms with Crippen LogP contribution in [-0.2, 0) is 0 Å². The Morgan fingerprint density at radius 2 is 1.58 bits per heavy atom. The normalized spacial score (nSPS) is 21.1. The number of likely N-dealkylation sites (tertiary alicyclic amines) is 1. The predicted molar refractivity (Wildman–Crippen MR) is 172 cm³/mol. The molecule has 45 heavy (non-hydrogen) atoms. The van der Waals surface area contributed by atoms with E-state index in [0.29, 0.717) is 43.7 Å². The van der Waals surface area contributed by atoms with E-state index in [1.165, 1.54) is 37.1 Å². The average Bonchev–Trinajstić information content (AvgIpc) is 3.65. The molecular formula is C29H40Cl2F3N9O2. The molecule has 1 saturated heterocycles. The molecule has 2 aromatic heterocycles. The fraction of sp³-hybridized carbons (Fsp3) is 0.586. The highest BCUT2D eigenvalue weighted by atomic mass is 35.5. The highest BCUT2D eigenvalue weighted by molar-refractivity contribution is 5.91. The lowest BCUT2D eigenvalue weighted by molar-refractivity contribution is -0.274. The third-order valence-electron chi connectivity index (χ3n) is 8.72. The van der Waals surface area contributed by atoms with Crippen molar-refractivity contribution in [1.82, 2.24) is 24.4 Å². The summed E-state index contributed by atoms with van der Waals surface area (Å²) in [4.78, 5) is 29.0. The van der Waals surface area contributed by atoms with Crippen molar-refractivity contribution in [3.05, 3.63) is 30.6 Å². The van der Waals surface area contributed by atoms with E-state index >= 15 is 0 Å². The third kappa shape index (κ3) is 8.53. The van der Waals surface area contributed by atoms with Crippen molar-refractivity contribution < 1.29 is 22.7 Å². The standard InChI is InChI=1S/C29H38F3N9O2.2ClH/c30-29(31,32)43-23-8-4-3-7-22(23)37-28(42)40-15-13-20(14-16-40)35-25-24-26(41(17-34-24)21-5-1-2-6-21)39-27(38-25)36-19-11-9-18(33)10-12-19;;/h3-4,7-8,17-21H,1-2,5-6,9-16,33H2,(H,37,42)(H2,35,36,38,39);2*1H. The van der Waals surface area contributed by atoms with Gasteiger partial charge in [-0.2, -0.15) is 9.97 Å². The van der Waals surface area contributed by atoms with Crippen molar-refractivity contribution in [1.29, 1.82) is 0 Å². The minimum atomic E-state index is -4.86. The summed E-state index contributed by atoms with van der Waals surface area (Å²) in [5, 5.41) is 9.67. The first-order valence-corrected chi connectivity index (χ1v) is 15.2. The summed E-state index contributed by atoms with van der Waals surface area (Å²) in [6, 6.07) is 5.95. The van der Waals surface area contributed by atoms with Crippen LogP contribution in [0.3, 0.4) is 0 Å². The zero-order valence-electron chi connectivity index (χ0n) is 24.8. The Balaban J connectivity index is 0.00000230. The second-order valence-electron chi connectivity index (χ2n) is 11.8. The van der Waals surface area contributed by atoms with Gasteiger partial charge in [-0.15, -0.1) is 38.0 Å². The molecule has 0 radical (unpaired) electrons. The molecule has 3 aromatic rings. The summed E-state index contributed by atoms with van der Waals surface area (Å²) >= 11 is 0. The number of carbonyl (C=O) groups is 1. The number of alkyl halides is 3. The van der Waals surface area contributed by atoms with Gasteiger partial charge in [0.25, 0.3) is 0 Å². The summed E-state index contributed by atoms with van der Waals surface area (Å²) in [6.07, 6.45) is 6.77. The van der Waals surface area contributed by atoms with Crippen LogP contribution in [-0.4, -0.2) is 68.0 Å². The maximum absolute atomic E-state index is 12.9. The fourth-order valence-electron chi connectivity index (χ4n) is 6.38. The summed E-state index contributed by atoms with van der Waals surface area (Å²) < 4.78 is 44.6. The second kappa shape index (κ2) is 14.9. The number of nitrogens with two attached hydrogens (primary N) is 1. The molecular weight excluding hydrogens is 634 g/mol. The van der Waals surface area contributed by atoms with Crippen molar-refractivity contribution in [2.75, 3.05) is 29.0 Å². The van der Waals surface area contributed by atoms with Crippen molar-refractivity contribution >= 4 is 59.5 Å². The van der Waals surface area contributed by atoms with Gasteiger partial charge in [0, 0.05) is 37.3 Å². The molecule has 3 fully saturated rings. The molecule has 0 bridgehead atoms. The number of nitrogens with zero attached hydrogens (tertiary/aromatic N) is 5. The summed E-state index contributed by atoms with van der Waals surface area (Å²) in [6.45, 7) is 0.841. The molecule has 248 valence electrons. The minimum absolute atomic E-state index is 0. The van der Waals surface area contributed by atoms with Crippen molar-refractivity contribution in [3.8, 4) is 5.75 Å². The Labute approximate surface area is 272 Å². The lowest BCUT2D eigenvalue weighted by atomic mass is 9.92. The van der Waals surface area contributed by atoms with Crippen molar-refractivity contribution in [2.24, 2.45) is 5.73 Å². The first-order chi connectivity index (χ1) is 20.7. The molecule has 3 aliphatic rings. The number of para-hydroxylation sites is 2. The van der Waals surface area contributed by atoms with Crippen LogP contribution < -0.4 is 26.4 Å². The quantitative estimate of drug-likeness (QED) is 0.224. The van der Waals surface area contributed by atoms with E-state index in [4.69, 9.17) is 20.7 Å². The monoisotopic (exact) mass is 673 g/mol. The van der Waals surface area contributed by atoms with Gasteiger partial charge in [-0.25, -0.2) is 9.78 Å². The van der Waals surface area contributed by atoms with Gasteiger partial charge >= 0.3 is 12.4 Å². The fourth-order valence-corrected chi connectivity index (χ4v) is 6.38. The molecule has 16 heteroatoms. The van der Waals surface area contributed by atoms with Gasteiger partial charge in [0.15, 0.2) is 22.7 Å². The van der Waals surface area contributed by atoms with Crippen LogP contribution in [0.5, 0.6) is 5.75 Å². The summed E-state index contributed by atoms with van der Waals surface area (Å²) in [5.74, 6) is 0.787. The van der Waals surface area contributed by atoms with Crippen LogP contribution in [0, 0.1) is 0 Å². The molecule has 2 saturated carbocycles. The number of halogens is 5. The van der Waals surface area contributed by atoms with Gasteiger partial charge in [0.2, 0.25) is 5.95 Å². The molecule has 2 aliphatic carbocycles. The van der Waals surface area contributed by atoms with E-state index in [1.807, 2.05) is 6.33 Å². The maximum atomic E-state index is 12.9. The molecule has 11 nitrogen and oxygen atoms in total. The van der Waals surface area contributed by atoms with E-state index in [-0.39, 0.29) is 48.6 Å². The molecule has 1 aliphatic heterocycles. The smallest absolute Gasteiger partial charge is 0.404 e. The van der Waals surface area contributed by atoms with Gasteiger partial charge in [-0.05, 0) is 63.5 Å². The Hall–Kier alpha value is -3.23. The van der Waals surface area contributed by atoms with Gasteiger partial charge in [-0.1, -0.05) is 25.0 Å². The molecule has 6 rings (SSSR count). The van der Waals surface area contributed by atoms with Crippen molar-refractivity contribution in [3.63, 3.8) is 0 Å². The zero-order chi connectivity index (χ0) is 30.0. The number of rotatable bonds is 7. The lowest BCUT2D eigenvalue weighted by Gasteiger charge is -2.33. The molecule has 0 atom stereocenters. The van der Waals surface area contributed by atoms with Crippen LogP contribution in [0.4, 0.5) is 35.4 Å². The van der Waals surface area contributed by atoms with Gasteiger partial charge in [0.1, 0.15) is 0 Å². The Kier molecular flexibility index (Phi) is 11.5. The number of hydrogen-bond donors (Lipinski definition) is 4. The molecule has 1 aromatic carbocycles. The number of benzene rings is 1. The number of hydrogen-bond acceptors (Lipinski definition) is 8. The second-order valence-corrected chi connectivity index (χ2v) is 11.8. The summed E-state index contributed by atoms with van der Waals surface area (Å²) in [7, 11) is 0. The number of imidazole rings is 1. The van der Waals surface area contributed by atoms with Crippen molar-refractivity contribution in [2.45, 2.75) is 94.7 Å². The van der Waals surface area contributed by atoms with Crippen LogP contribution in [0.2, 0.25) is 0 Å². The number of aromatic nitrogens is 4. The number of ether oxygens (including phenoxy) is 1. The van der Waals surface area contributed by atoms with E-state index in [9.17, 15) is 18.0 Å². The largest absolute Gasteiger partial charge is 0.573 e. The van der Waals surface area contributed by atoms with Gasteiger partial charge in [-0.3, -0.25) is 0 Å². The average molecular weight is 675 g/mol. The van der Waals surface area contributed by atoms with Crippen LogP contribution in [0.25, 0.3) is 11.2 Å². The number of urea groups is 1. The number of piperidine rings is 1. The van der Waals surface area contributed by atoms with Crippen LogP contribution >= 0.6 is 24.8 Å². The van der Waals surface area contributed by atoms with Gasteiger partial charge < -0.3 is 35.9 Å². The number of nitrogens with one attached hydrogen (secondary N) is 3. The molecule has 5 N–H and O–H groups in total. The van der Waals surface area contributed by atoms with Crippen LogP contribution in [0.1, 0.15) is 70.3 Å². The SMILES string of the molecule is Cl.Cl.NC1CCC(Nc2nc(NC3CCN(C(=O)Nc4ccccc4OC(F)(F)F)CC3)c3ncn(C4CCCC4)c3n2)CC1. The number of carbonyl (C=O) groups excluding carboxylic acids is 1. The Morgan fingerprint density at radius 1 is 0.911 bits per heavy atom. The third-order valence-corrected chi connectivity index (χ3v) is 8.72. The summed E-state index contributed by atoms with van der Waals surface area (Å²) in [5.41, 5.74) is 7.61. The molecule has 0 unspecified atom stereocenters. The molecule has 3 heterocycles. The Morgan fingerprint density at radius 3 is 2.27 bits per heavy atom. The molecule has 0 spiro atoms. The highest BCUT2D eigenvalue weighted by Crippen LogP contribution is 2.34. The first kappa shape index (κ1) is 34.6. The predicted octanol–water partition coefficient (Wildman–Crippen LogP) is 6.47. The first-order valence-electron chi connectivity index (χ1n) is 15.2. The Bertz CT molecular complexity index is 1420. The number of amides is 2. The maximum Gasteiger partial charge on any atom is 0.573 e. The van der Waals surface area contributed by atoms with E-state index in [2.05, 4.69) is 25.3 Å². The number of anilines is 3. The number of fused-ring (bicyclic) bond motifs is 1. The highest BCUT2D eigenvalue weighted by Gasteiger charge is 2.33. The van der Waals surface area contributed by atoms with E-state index < -0.39 is 18.1 Å². The van der Waals surface area contributed by atoms with Crippen LogP contribution in [0.15, 0.2) is 30.6 Å². The van der Waals surface area contributed by atoms with Gasteiger partial charge in [0.05, 0.1) is 12.0 Å². The van der Waals surface area contributed by atoms with E-state index in [0.717, 1.165) is 49.7 Å².